The molecule has 3 heteroatoms. The van der Waals surface area contributed by atoms with Crippen molar-refractivity contribution in [3.63, 3.8) is 0 Å². The molecule has 0 saturated carbocycles. The summed E-state index contributed by atoms with van der Waals surface area (Å²) < 4.78 is 0. The molecule has 1 aliphatic heterocycles. The fraction of sp³-hybridized carbons (Fsp3) is 0.583. The minimum Gasteiger partial charge on any atom is -0.383 e. The molecule has 2 N–H and O–H groups in total. The van der Waals surface area contributed by atoms with Crippen molar-refractivity contribution in [2.75, 3.05) is 25.9 Å². The summed E-state index contributed by atoms with van der Waals surface area (Å²) in [6.45, 7) is 4.41. The standard InChI is InChI=1S/C12H19N3/c1-9-7-11(8-14-12(9)13)10-3-5-15(2)6-4-10/h7-8,10H,3-6H2,1-2H3,(H2,13,14). The monoisotopic (exact) mass is 205 g/mol. The highest BCUT2D eigenvalue weighted by Gasteiger charge is 2.18. The van der Waals surface area contributed by atoms with Crippen molar-refractivity contribution in [2.24, 2.45) is 0 Å². The number of piperidine rings is 1. The molecule has 0 radical (unpaired) electrons. The largest absolute Gasteiger partial charge is 0.383 e. The second-order valence-electron chi connectivity index (χ2n) is 4.55. The number of hydrogen-bond donors (Lipinski definition) is 1. The molecular formula is C12H19N3. The van der Waals surface area contributed by atoms with Gasteiger partial charge < -0.3 is 10.6 Å². The Labute approximate surface area is 91.3 Å². The van der Waals surface area contributed by atoms with Crippen LogP contribution in [0.5, 0.6) is 0 Å². The lowest BCUT2D eigenvalue weighted by atomic mass is 9.90. The number of nitrogen functional groups attached to an aromatic ring is 1. The van der Waals surface area contributed by atoms with Crippen LogP contribution in [0.15, 0.2) is 12.3 Å². The highest BCUT2D eigenvalue weighted by molar-refractivity contribution is 5.40. The summed E-state index contributed by atoms with van der Waals surface area (Å²) in [5.74, 6) is 1.33. The first-order chi connectivity index (χ1) is 7.16. The van der Waals surface area contributed by atoms with E-state index in [1.54, 1.807) is 0 Å². The lowest BCUT2D eigenvalue weighted by Crippen LogP contribution is -2.29. The molecule has 15 heavy (non-hydrogen) atoms. The molecule has 0 aliphatic carbocycles. The van der Waals surface area contributed by atoms with Gasteiger partial charge in [-0.05, 0) is 56.9 Å². The molecular weight excluding hydrogens is 186 g/mol. The first-order valence-corrected chi connectivity index (χ1v) is 5.57. The number of anilines is 1. The van der Waals surface area contributed by atoms with Crippen LogP contribution in [0.3, 0.4) is 0 Å². The second kappa shape index (κ2) is 4.19. The summed E-state index contributed by atoms with van der Waals surface area (Å²) in [7, 11) is 2.18. The highest BCUT2D eigenvalue weighted by Crippen LogP contribution is 2.28. The molecule has 82 valence electrons. The molecule has 0 aromatic carbocycles. The number of pyridine rings is 1. The number of likely N-dealkylation sites (tertiary alicyclic amines) is 1. The van der Waals surface area contributed by atoms with Crippen molar-refractivity contribution in [3.05, 3.63) is 23.4 Å². The van der Waals surface area contributed by atoms with Gasteiger partial charge in [-0.25, -0.2) is 4.98 Å². The zero-order chi connectivity index (χ0) is 10.8. The van der Waals surface area contributed by atoms with Gasteiger partial charge >= 0.3 is 0 Å². The topological polar surface area (TPSA) is 42.2 Å². The first kappa shape index (κ1) is 10.4. The summed E-state index contributed by atoms with van der Waals surface area (Å²) in [6.07, 6.45) is 4.42. The summed E-state index contributed by atoms with van der Waals surface area (Å²) in [5.41, 5.74) is 8.18. The number of nitrogens with zero attached hydrogens (tertiary/aromatic N) is 2. The number of aryl methyl sites for hydroxylation is 1. The number of nitrogens with two attached hydrogens (primary N) is 1. The summed E-state index contributed by atoms with van der Waals surface area (Å²) in [5, 5.41) is 0. The van der Waals surface area contributed by atoms with Crippen LogP contribution < -0.4 is 5.73 Å². The van der Waals surface area contributed by atoms with Gasteiger partial charge in [-0.15, -0.1) is 0 Å². The maximum Gasteiger partial charge on any atom is 0.126 e. The van der Waals surface area contributed by atoms with Gasteiger partial charge in [0.25, 0.3) is 0 Å². The minimum absolute atomic E-state index is 0.659. The quantitative estimate of drug-likeness (QED) is 0.760. The summed E-state index contributed by atoms with van der Waals surface area (Å²) >= 11 is 0. The molecule has 0 spiro atoms. The maximum absolute atomic E-state index is 5.72. The van der Waals surface area contributed by atoms with Gasteiger partial charge in [0.2, 0.25) is 0 Å². The van der Waals surface area contributed by atoms with Crippen molar-refractivity contribution in [1.82, 2.24) is 9.88 Å². The van der Waals surface area contributed by atoms with Crippen LogP contribution in [0.4, 0.5) is 5.82 Å². The Kier molecular flexibility index (Phi) is 2.91. The fourth-order valence-electron chi connectivity index (χ4n) is 2.17. The van der Waals surface area contributed by atoms with Crippen LogP contribution in [0.2, 0.25) is 0 Å². The Morgan fingerprint density at radius 2 is 2.07 bits per heavy atom. The van der Waals surface area contributed by atoms with E-state index in [1.807, 2.05) is 13.1 Å². The van der Waals surface area contributed by atoms with Crippen LogP contribution in [0, 0.1) is 6.92 Å². The van der Waals surface area contributed by atoms with Gasteiger partial charge in [-0.1, -0.05) is 6.07 Å². The Bertz CT molecular complexity index is 341. The van der Waals surface area contributed by atoms with Crippen LogP contribution >= 0.6 is 0 Å². The van der Waals surface area contributed by atoms with E-state index in [1.165, 1.54) is 31.5 Å². The SMILES string of the molecule is Cc1cc(C2CCN(C)CC2)cnc1N. The molecule has 2 rings (SSSR count). The van der Waals surface area contributed by atoms with Crippen molar-refractivity contribution in [2.45, 2.75) is 25.7 Å². The van der Waals surface area contributed by atoms with Crippen LogP contribution in [0.25, 0.3) is 0 Å². The fourth-order valence-corrected chi connectivity index (χ4v) is 2.17. The molecule has 1 aromatic rings. The number of hydrogen-bond acceptors (Lipinski definition) is 3. The lowest BCUT2D eigenvalue weighted by molar-refractivity contribution is 0.255. The van der Waals surface area contributed by atoms with Gasteiger partial charge in [0.15, 0.2) is 0 Å². The van der Waals surface area contributed by atoms with Crippen molar-refractivity contribution in [1.29, 1.82) is 0 Å². The second-order valence-corrected chi connectivity index (χ2v) is 4.55. The minimum atomic E-state index is 0.659. The van der Waals surface area contributed by atoms with E-state index < -0.39 is 0 Å². The average molecular weight is 205 g/mol. The van der Waals surface area contributed by atoms with E-state index in [0.29, 0.717) is 11.7 Å². The van der Waals surface area contributed by atoms with Crippen molar-refractivity contribution < 1.29 is 0 Å². The molecule has 0 bridgehead atoms. The summed E-state index contributed by atoms with van der Waals surface area (Å²) in [6, 6.07) is 2.19. The van der Waals surface area contributed by atoms with Crippen LogP contribution in [-0.4, -0.2) is 30.0 Å². The predicted molar refractivity (Wildman–Crippen MR) is 62.9 cm³/mol. The van der Waals surface area contributed by atoms with Gasteiger partial charge in [0, 0.05) is 6.20 Å². The normalized spacial score (nSPS) is 19.3. The van der Waals surface area contributed by atoms with E-state index in [4.69, 9.17) is 5.73 Å². The third-order valence-electron chi connectivity index (χ3n) is 3.33. The molecule has 1 saturated heterocycles. The van der Waals surface area contributed by atoms with Crippen LogP contribution in [-0.2, 0) is 0 Å². The van der Waals surface area contributed by atoms with Crippen LogP contribution in [0.1, 0.15) is 29.9 Å². The zero-order valence-corrected chi connectivity index (χ0v) is 9.53. The van der Waals surface area contributed by atoms with Crippen molar-refractivity contribution in [3.8, 4) is 0 Å². The van der Waals surface area contributed by atoms with Crippen molar-refractivity contribution >= 4 is 5.82 Å². The molecule has 3 nitrogen and oxygen atoms in total. The Morgan fingerprint density at radius 1 is 1.40 bits per heavy atom. The molecule has 1 fully saturated rings. The number of rotatable bonds is 1. The maximum atomic E-state index is 5.72. The third-order valence-corrected chi connectivity index (χ3v) is 3.33. The summed E-state index contributed by atoms with van der Waals surface area (Å²) in [4.78, 5) is 6.62. The van der Waals surface area contributed by atoms with E-state index >= 15 is 0 Å². The highest BCUT2D eigenvalue weighted by atomic mass is 15.1. The van der Waals surface area contributed by atoms with E-state index in [9.17, 15) is 0 Å². The van der Waals surface area contributed by atoms with E-state index in [2.05, 4.69) is 23.0 Å². The molecule has 2 heterocycles. The molecule has 1 aromatic heterocycles. The zero-order valence-electron chi connectivity index (χ0n) is 9.53. The van der Waals surface area contributed by atoms with Gasteiger partial charge in [0.1, 0.15) is 5.82 Å². The smallest absolute Gasteiger partial charge is 0.126 e. The molecule has 0 atom stereocenters. The van der Waals surface area contributed by atoms with E-state index in [0.717, 1.165) is 5.56 Å². The Balaban J connectivity index is 2.12. The molecule has 1 aliphatic rings. The van der Waals surface area contributed by atoms with Gasteiger partial charge in [-0.2, -0.15) is 0 Å². The molecule has 0 amide bonds. The number of aromatic nitrogens is 1. The van der Waals surface area contributed by atoms with E-state index in [-0.39, 0.29) is 0 Å². The lowest BCUT2D eigenvalue weighted by Gasteiger charge is -2.29. The predicted octanol–water partition coefficient (Wildman–Crippen LogP) is 1.78. The third kappa shape index (κ3) is 2.29. The first-order valence-electron chi connectivity index (χ1n) is 5.57. The van der Waals surface area contributed by atoms with Gasteiger partial charge in [0.05, 0.1) is 0 Å². The molecule has 0 unspecified atom stereocenters. The Hall–Kier alpha value is -1.09. The van der Waals surface area contributed by atoms with Gasteiger partial charge in [-0.3, -0.25) is 0 Å². The Morgan fingerprint density at radius 3 is 2.67 bits per heavy atom. The average Bonchev–Trinajstić information content (AvgIpc) is 2.23.